The average molecular weight is 277 g/mol. The molecule has 0 heterocycles. The maximum absolute atomic E-state index is 11.3. The zero-order chi connectivity index (χ0) is 15.3. The van der Waals surface area contributed by atoms with Crippen LogP contribution in [0.1, 0.15) is 12.5 Å². The molecule has 6 heteroatoms. The molecule has 1 aromatic rings. The molecule has 0 radical (unpaired) electrons. The van der Waals surface area contributed by atoms with E-state index in [1.807, 2.05) is 0 Å². The van der Waals surface area contributed by atoms with Crippen molar-refractivity contribution in [1.29, 1.82) is 5.26 Å². The Morgan fingerprint density at radius 2 is 1.65 bits per heavy atom. The van der Waals surface area contributed by atoms with E-state index in [9.17, 15) is 9.90 Å². The molecule has 0 saturated heterocycles. The molecule has 1 N–H and O–H groups in total. The molecule has 0 aliphatic heterocycles. The first-order valence-electron chi connectivity index (χ1n) is 5.64. The number of carbonyl (C=O) groups excluding carboxylic acids is 1. The minimum Gasteiger partial charge on any atom is -0.506 e. The lowest BCUT2D eigenvalue weighted by Crippen LogP contribution is -2.01. The molecule has 0 aliphatic rings. The van der Waals surface area contributed by atoms with Crippen molar-refractivity contribution >= 4 is 11.5 Å². The number of nitrogens with zero attached hydrogens (tertiary/aromatic N) is 1. The Morgan fingerprint density at radius 3 is 1.95 bits per heavy atom. The number of hydrogen-bond acceptors (Lipinski definition) is 6. The molecule has 0 fully saturated rings. The van der Waals surface area contributed by atoms with Gasteiger partial charge in [-0.1, -0.05) is 0 Å². The van der Waals surface area contributed by atoms with Crippen molar-refractivity contribution in [2.24, 2.45) is 0 Å². The first-order chi connectivity index (χ1) is 9.49. The smallest absolute Gasteiger partial charge is 0.203 e. The van der Waals surface area contributed by atoms with Crippen LogP contribution in [0.4, 0.5) is 0 Å². The molecular formula is C14H15NO5. The van der Waals surface area contributed by atoms with Crippen molar-refractivity contribution in [3.05, 3.63) is 23.3 Å². The first kappa shape index (κ1) is 15.4. The summed E-state index contributed by atoms with van der Waals surface area (Å²) in [7, 11) is 4.31. The fourth-order valence-corrected chi connectivity index (χ4v) is 1.66. The molecule has 0 spiro atoms. The molecular weight excluding hydrogens is 262 g/mol. The summed E-state index contributed by atoms with van der Waals surface area (Å²) in [4.78, 5) is 11.3. The number of benzene rings is 1. The van der Waals surface area contributed by atoms with Crippen LogP contribution >= 0.6 is 0 Å². The van der Waals surface area contributed by atoms with Gasteiger partial charge < -0.3 is 19.3 Å². The van der Waals surface area contributed by atoms with Crippen molar-refractivity contribution < 1.29 is 24.1 Å². The third-order valence-electron chi connectivity index (χ3n) is 2.64. The summed E-state index contributed by atoms with van der Waals surface area (Å²) in [6.45, 7) is 1.20. The van der Waals surface area contributed by atoms with Crippen molar-refractivity contribution in [2.75, 3.05) is 21.3 Å². The van der Waals surface area contributed by atoms with Gasteiger partial charge in [-0.05, 0) is 12.1 Å². The number of carbonyl (C=O) groups is 1. The summed E-state index contributed by atoms with van der Waals surface area (Å²) in [6.07, 6.45) is 0. The minimum absolute atomic E-state index is 0.228. The van der Waals surface area contributed by atoms with E-state index in [2.05, 4.69) is 0 Å². The predicted molar refractivity (Wildman–Crippen MR) is 71.9 cm³/mol. The summed E-state index contributed by atoms with van der Waals surface area (Å²) < 4.78 is 15.4. The lowest BCUT2D eigenvalue weighted by atomic mass is 10.1. The predicted octanol–water partition coefficient (Wildman–Crippen LogP) is 2.09. The lowest BCUT2D eigenvalue weighted by Gasteiger charge is -2.14. The van der Waals surface area contributed by atoms with E-state index in [0.717, 1.165) is 0 Å². The minimum atomic E-state index is -0.529. The highest BCUT2D eigenvalue weighted by Gasteiger charge is 2.18. The Morgan fingerprint density at radius 1 is 1.15 bits per heavy atom. The number of allylic oxidation sites excluding steroid dienone is 1. The van der Waals surface area contributed by atoms with Gasteiger partial charge in [-0.3, -0.25) is 4.79 Å². The summed E-state index contributed by atoms with van der Waals surface area (Å²) in [5, 5.41) is 18.9. The quantitative estimate of drug-likeness (QED) is 0.503. The molecule has 1 rings (SSSR count). The molecule has 0 amide bonds. The second-order valence-corrected chi connectivity index (χ2v) is 3.81. The number of nitriles is 1. The summed E-state index contributed by atoms with van der Waals surface area (Å²) >= 11 is 0. The molecule has 0 atom stereocenters. The van der Waals surface area contributed by atoms with Gasteiger partial charge in [-0.15, -0.1) is 0 Å². The van der Waals surface area contributed by atoms with Crippen LogP contribution in [0.2, 0.25) is 0 Å². The highest BCUT2D eigenvalue weighted by molar-refractivity contribution is 6.03. The van der Waals surface area contributed by atoms with E-state index >= 15 is 0 Å². The number of rotatable bonds is 5. The van der Waals surface area contributed by atoms with Gasteiger partial charge in [0.15, 0.2) is 17.3 Å². The third kappa shape index (κ3) is 2.83. The van der Waals surface area contributed by atoms with Gasteiger partial charge in [0.25, 0.3) is 0 Å². The largest absolute Gasteiger partial charge is 0.506 e. The Labute approximate surface area is 116 Å². The Balaban J connectivity index is 3.56. The van der Waals surface area contributed by atoms with Gasteiger partial charge in [0, 0.05) is 12.5 Å². The van der Waals surface area contributed by atoms with E-state index in [1.54, 1.807) is 6.07 Å². The maximum Gasteiger partial charge on any atom is 0.203 e. The van der Waals surface area contributed by atoms with Gasteiger partial charge in [-0.25, -0.2) is 0 Å². The zero-order valence-electron chi connectivity index (χ0n) is 11.7. The molecule has 6 nitrogen and oxygen atoms in total. The number of ether oxygens (including phenoxy) is 3. The summed E-state index contributed by atoms with van der Waals surface area (Å²) in [5.41, 5.74) is -0.106. The number of aliphatic hydroxyl groups excluding tert-OH is 1. The van der Waals surface area contributed by atoms with Gasteiger partial charge in [0.2, 0.25) is 5.75 Å². The van der Waals surface area contributed by atoms with Gasteiger partial charge in [0.05, 0.1) is 21.3 Å². The molecule has 0 bridgehead atoms. The number of methoxy groups -OCH3 is 3. The Hall–Kier alpha value is -2.68. The second-order valence-electron chi connectivity index (χ2n) is 3.81. The Bertz CT molecular complexity index is 573. The number of Topliss-reactive ketones (excluding diaryl/α,β-unsaturated/α-hetero) is 1. The molecule has 0 aromatic heterocycles. The fourth-order valence-electron chi connectivity index (χ4n) is 1.66. The van der Waals surface area contributed by atoms with Crippen LogP contribution in [0, 0.1) is 11.3 Å². The van der Waals surface area contributed by atoms with Crippen molar-refractivity contribution in [3.8, 4) is 23.3 Å². The zero-order valence-corrected chi connectivity index (χ0v) is 11.7. The van der Waals surface area contributed by atoms with Gasteiger partial charge in [-0.2, -0.15) is 5.26 Å². The van der Waals surface area contributed by atoms with Crippen molar-refractivity contribution in [1.82, 2.24) is 0 Å². The van der Waals surface area contributed by atoms with E-state index in [1.165, 1.54) is 40.4 Å². The van der Waals surface area contributed by atoms with E-state index in [-0.39, 0.29) is 11.1 Å². The number of aliphatic hydroxyl groups is 1. The topological polar surface area (TPSA) is 88.8 Å². The SMILES string of the molecule is COc1cc(/C(O)=C(/C#N)C(C)=O)cc(OC)c1OC. The summed E-state index contributed by atoms with van der Waals surface area (Å²) in [6, 6.07) is 4.58. The van der Waals surface area contributed by atoms with Gasteiger partial charge >= 0.3 is 0 Å². The van der Waals surface area contributed by atoms with Crippen molar-refractivity contribution in [3.63, 3.8) is 0 Å². The lowest BCUT2D eigenvalue weighted by molar-refractivity contribution is -0.113. The molecule has 0 saturated carbocycles. The molecule has 0 unspecified atom stereocenters. The number of ketones is 1. The first-order valence-corrected chi connectivity index (χ1v) is 5.64. The normalized spacial score (nSPS) is 11.2. The average Bonchev–Trinajstić information content (AvgIpc) is 2.45. The number of hydrogen-bond donors (Lipinski definition) is 1. The highest BCUT2D eigenvalue weighted by atomic mass is 16.5. The van der Waals surface area contributed by atoms with Gasteiger partial charge in [0.1, 0.15) is 17.4 Å². The van der Waals surface area contributed by atoms with Crippen LogP contribution in [0.25, 0.3) is 5.76 Å². The standard InChI is InChI=1S/C14H15NO5/c1-8(16)10(7-15)13(17)9-5-11(18-2)14(20-4)12(6-9)19-3/h5-6,17H,1-4H3/b13-10+. The van der Waals surface area contributed by atoms with Crippen LogP contribution in [0.5, 0.6) is 17.2 Å². The Kier molecular flexibility index (Phi) is 4.98. The van der Waals surface area contributed by atoms with Crippen LogP contribution < -0.4 is 14.2 Å². The van der Waals surface area contributed by atoms with Crippen molar-refractivity contribution in [2.45, 2.75) is 6.92 Å². The van der Waals surface area contributed by atoms with E-state index < -0.39 is 11.5 Å². The molecule has 20 heavy (non-hydrogen) atoms. The molecule has 1 aromatic carbocycles. The van der Waals surface area contributed by atoms with Crippen LogP contribution in [-0.4, -0.2) is 32.2 Å². The fraction of sp³-hybridized carbons (Fsp3) is 0.286. The maximum atomic E-state index is 11.3. The van der Waals surface area contributed by atoms with Crippen LogP contribution in [0.3, 0.4) is 0 Å². The summed E-state index contributed by atoms with van der Waals surface area (Å²) in [5.74, 6) is 0.0226. The highest BCUT2D eigenvalue weighted by Crippen LogP contribution is 2.39. The van der Waals surface area contributed by atoms with Crippen LogP contribution in [-0.2, 0) is 4.79 Å². The third-order valence-corrected chi connectivity index (χ3v) is 2.64. The van der Waals surface area contributed by atoms with E-state index in [4.69, 9.17) is 19.5 Å². The molecule has 106 valence electrons. The van der Waals surface area contributed by atoms with E-state index in [0.29, 0.717) is 17.2 Å². The molecule has 0 aliphatic carbocycles. The second kappa shape index (κ2) is 6.48. The monoisotopic (exact) mass is 277 g/mol. The van der Waals surface area contributed by atoms with Crippen LogP contribution in [0.15, 0.2) is 17.7 Å².